The monoisotopic (exact) mass is 259 g/mol. The molecule has 1 fully saturated rings. The zero-order valence-electron chi connectivity index (χ0n) is 10.9. The number of benzene rings is 1. The highest BCUT2D eigenvalue weighted by Gasteiger charge is 2.27. The third kappa shape index (κ3) is 2.67. The van der Waals surface area contributed by atoms with Crippen molar-refractivity contribution in [2.24, 2.45) is 5.92 Å². The lowest BCUT2D eigenvalue weighted by Crippen LogP contribution is -2.47. The van der Waals surface area contributed by atoms with E-state index in [-0.39, 0.29) is 6.61 Å². The summed E-state index contributed by atoms with van der Waals surface area (Å²) in [7, 11) is 0. The molecule has 1 N–H and O–H groups in total. The van der Waals surface area contributed by atoms with E-state index < -0.39 is 0 Å². The van der Waals surface area contributed by atoms with Gasteiger partial charge in [0.05, 0.1) is 6.54 Å². The normalized spacial score (nSPS) is 16.5. The van der Waals surface area contributed by atoms with Gasteiger partial charge >= 0.3 is 0 Å². The molecule has 0 aliphatic carbocycles. The molecular weight excluding hydrogens is 242 g/mol. The number of nitrogens with zero attached hydrogens (tertiary/aromatic N) is 3. The van der Waals surface area contributed by atoms with Gasteiger partial charge < -0.3 is 9.52 Å². The quantitative estimate of drug-likeness (QED) is 0.901. The highest BCUT2D eigenvalue weighted by atomic mass is 16.4. The molecule has 19 heavy (non-hydrogen) atoms. The summed E-state index contributed by atoms with van der Waals surface area (Å²) < 4.78 is 5.67. The Morgan fingerprint density at radius 1 is 1.37 bits per heavy atom. The van der Waals surface area contributed by atoms with E-state index in [1.165, 1.54) is 5.56 Å². The number of rotatable bonds is 4. The first-order chi connectivity index (χ1) is 9.24. The Hall–Kier alpha value is -1.72. The molecule has 1 saturated heterocycles. The summed E-state index contributed by atoms with van der Waals surface area (Å²) in [4.78, 5) is 2.19. The van der Waals surface area contributed by atoms with Gasteiger partial charge in [-0.1, -0.05) is 17.7 Å². The number of aliphatic hydroxyl groups is 1. The molecule has 2 aromatic rings. The van der Waals surface area contributed by atoms with Crippen LogP contribution in [0.3, 0.4) is 0 Å². The van der Waals surface area contributed by atoms with Crippen molar-refractivity contribution in [3.05, 3.63) is 35.7 Å². The molecule has 1 aromatic heterocycles. The molecule has 0 saturated carbocycles. The van der Waals surface area contributed by atoms with Crippen molar-refractivity contribution in [2.75, 3.05) is 19.7 Å². The Labute approximate surface area is 111 Å². The average Bonchev–Trinajstić information content (AvgIpc) is 2.82. The van der Waals surface area contributed by atoms with Crippen molar-refractivity contribution in [1.82, 2.24) is 15.1 Å². The smallest absolute Gasteiger partial charge is 0.247 e. The van der Waals surface area contributed by atoms with Gasteiger partial charge in [-0.2, -0.15) is 0 Å². The first-order valence-electron chi connectivity index (χ1n) is 6.47. The van der Waals surface area contributed by atoms with Crippen LogP contribution in [-0.4, -0.2) is 39.9 Å². The predicted molar refractivity (Wildman–Crippen MR) is 70.3 cm³/mol. The Morgan fingerprint density at radius 2 is 2.21 bits per heavy atom. The molecule has 0 unspecified atom stereocenters. The molecule has 1 aliphatic rings. The Bertz CT molecular complexity index is 561. The standard InChI is InChI=1S/C14H17N3O2/c1-10-3-2-4-12(5-10)14-16-15-13(19-14)8-17-6-11(7-17)9-18/h2-5,11,18H,6-9H2,1H3. The van der Waals surface area contributed by atoms with E-state index in [9.17, 15) is 0 Å². The minimum Gasteiger partial charge on any atom is -0.419 e. The summed E-state index contributed by atoms with van der Waals surface area (Å²) in [6.45, 7) is 4.76. The summed E-state index contributed by atoms with van der Waals surface area (Å²) in [5.74, 6) is 1.60. The van der Waals surface area contributed by atoms with E-state index in [0.29, 0.717) is 24.2 Å². The number of hydrogen-bond acceptors (Lipinski definition) is 5. The number of aliphatic hydroxyl groups excluding tert-OH is 1. The largest absolute Gasteiger partial charge is 0.419 e. The topological polar surface area (TPSA) is 62.4 Å². The van der Waals surface area contributed by atoms with Crippen LogP contribution in [0.25, 0.3) is 11.5 Å². The second kappa shape index (κ2) is 5.11. The van der Waals surface area contributed by atoms with Crippen molar-refractivity contribution in [3.63, 3.8) is 0 Å². The van der Waals surface area contributed by atoms with Crippen LogP contribution in [0.2, 0.25) is 0 Å². The van der Waals surface area contributed by atoms with Gasteiger partial charge in [-0.05, 0) is 19.1 Å². The number of aromatic nitrogens is 2. The van der Waals surface area contributed by atoms with Gasteiger partial charge in [-0.3, -0.25) is 4.90 Å². The molecular formula is C14H17N3O2. The molecule has 0 atom stereocenters. The third-order valence-corrected chi connectivity index (χ3v) is 3.38. The molecule has 3 rings (SSSR count). The lowest BCUT2D eigenvalue weighted by atomic mass is 10.0. The summed E-state index contributed by atoms with van der Waals surface area (Å²) >= 11 is 0. The van der Waals surface area contributed by atoms with Crippen LogP contribution in [0.15, 0.2) is 28.7 Å². The molecule has 0 spiro atoms. The maximum Gasteiger partial charge on any atom is 0.247 e. The maximum absolute atomic E-state index is 8.97. The van der Waals surface area contributed by atoms with Crippen LogP contribution >= 0.6 is 0 Å². The zero-order chi connectivity index (χ0) is 13.2. The van der Waals surface area contributed by atoms with Gasteiger partial charge in [0.1, 0.15) is 0 Å². The van der Waals surface area contributed by atoms with Gasteiger partial charge in [-0.15, -0.1) is 10.2 Å². The molecule has 5 heteroatoms. The first-order valence-corrected chi connectivity index (χ1v) is 6.47. The van der Waals surface area contributed by atoms with Crippen molar-refractivity contribution in [2.45, 2.75) is 13.5 Å². The summed E-state index contributed by atoms with van der Waals surface area (Å²) in [6.07, 6.45) is 0. The zero-order valence-corrected chi connectivity index (χ0v) is 10.9. The van der Waals surface area contributed by atoms with Gasteiger partial charge in [0.15, 0.2) is 0 Å². The van der Waals surface area contributed by atoms with Gasteiger partial charge in [-0.25, -0.2) is 0 Å². The Morgan fingerprint density at radius 3 is 2.95 bits per heavy atom. The molecule has 1 aliphatic heterocycles. The second-order valence-corrected chi connectivity index (χ2v) is 5.11. The second-order valence-electron chi connectivity index (χ2n) is 5.11. The first kappa shape index (κ1) is 12.3. The lowest BCUT2D eigenvalue weighted by Gasteiger charge is -2.37. The van der Waals surface area contributed by atoms with Crippen LogP contribution in [0, 0.1) is 12.8 Å². The Kier molecular flexibility index (Phi) is 3.31. The third-order valence-electron chi connectivity index (χ3n) is 3.38. The fourth-order valence-electron chi connectivity index (χ4n) is 2.32. The van der Waals surface area contributed by atoms with Crippen LogP contribution in [0.4, 0.5) is 0 Å². The van der Waals surface area contributed by atoms with Crippen molar-refractivity contribution in [3.8, 4) is 11.5 Å². The molecule has 0 amide bonds. The molecule has 0 bridgehead atoms. The van der Waals surface area contributed by atoms with Gasteiger partial charge in [0, 0.05) is 31.2 Å². The summed E-state index contributed by atoms with van der Waals surface area (Å²) in [5.41, 5.74) is 2.13. The van der Waals surface area contributed by atoms with E-state index in [4.69, 9.17) is 9.52 Å². The summed E-state index contributed by atoms with van der Waals surface area (Å²) in [6, 6.07) is 8.02. The number of hydrogen-bond donors (Lipinski definition) is 1. The average molecular weight is 259 g/mol. The van der Waals surface area contributed by atoms with E-state index >= 15 is 0 Å². The van der Waals surface area contributed by atoms with Crippen LogP contribution in [0.5, 0.6) is 0 Å². The molecule has 2 heterocycles. The van der Waals surface area contributed by atoms with Crippen molar-refractivity contribution < 1.29 is 9.52 Å². The van der Waals surface area contributed by atoms with E-state index in [1.807, 2.05) is 31.2 Å². The maximum atomic E-state index is 8.97. The fraction of sp³-hybridized carbons (Fsp3) is 0.429. The van der Waals surface area contributed by atoms with E-state index in [2.05, 4.69) is 15.1 Å². The minimum absolute atomic E-state index is 0.259. The number of likely N-dealkylation sites (tertiary alicyclic amines) is 1. The fourth-order valence-corrected chi connectivity index (χ4v) is 2.32. The molecule has 100 valence electrons. The lowest BCUT2D eigenvalue weighted by molar-refractivity contribution is 0.0417. The van der Waals surface area contributed by atoms with Crippen LogP contribution in [-0.2, 0) is 6.54 Å². The molecule has 5 nitrogen and oxygen atoms in total. The van der Waals surface area contributed by atoms with Crippen molar-refractivity contribution >= 4 is 0 Å². The van der Waals surface area contributed by atoms with Gasteiger partial charge in [0.2, 0.25) is 11.8 Å². The van der Waals surface area contributed by atoms with E-state index in [1.54, 1.807) is 0 Å². The van der Waals surface area contributed by atoms with Gasteiger partial charge in [0.25, 0.3) is 0 Å². The minimum atomic E-state index is 0.259. The van der Waals surface area contributed by atoms with Crippen LogP contribution in [0.1, 0.15) is 11.5 Å². The van der Waals surface area contributed by atoms with E-state index in [0.717, 1.165) is 18.7 Å². The SMILES string of the molecule is Cc1cccc(-c2nnc(CN3CC(CO)C3)o2)c1. The highest BCUT2D eigenvalue weighted by molar-refractivity contribution is 5.53. The number of aryl methyl sites for hydroxylation is 1. The highest BCUT2D eigenvalue weighted by Crippen LogP contribution is 2.21. The molecule has 0 radical (unpaired) electrons. The van der Waals surface area contributed by atoms with Crippen LogP contribution < -0.4 is 0 Å². The molecule has 1 aromatic carbocycles. The summed E-state index contributed by atoms with van der Waals surface area (Å²) in [5, 5.41) is 17.1. The Balaban J connectivity index is 1.67. The van der Waals surface area contributed by atoms with Crippen molar-refractivity contribution in [1.29, 1.82) is 0 Å². The predicted octanol–water partition coefficient (Wildman–Crippen LogP) is 1.47.